The van der Waals surface area contributed by atoms with Crippen molar-refractivity contribution in [3.05, 3.63) is 69.9 Å². The zero-order chi connectivity index (χ0) is 27.3. The summed E-state index contributed by atoms with van der Waals surface area (Å²) in [5, 5.41) is 12.0. The molecule has 1 aliphatic rings. The summed E-state index contributed by atoms with van der Waals surface area (Å²) in [6.45, 7) is 4.09. The first-order valence-electron chi connectivity index (χ1n) is 11.3. The van der Waals surface area contributed by atoms with Gasteiger partial charge in [0.1, 0.15) is 16.8 Å². The Bertz CT molecular complexity index is 1410. The molecular weight excluding hydrogens is 495 g/mol. The van der Waals surface area contributed by atoms with Crippen LogP contribution in [-0.2, 0) is 22.0 Å². The summed E-state index contributed by atoms with van der Waals surface area (Å²) in [5.41, 5.74) is -1.93. The minimum atomic E-state index is -5.02. The highest BCUT2D eigenvalue weighted by molar-refractivity contribution is 6.23. The van der Waals surface area contributed by atoms with E-state index in [2.05, 4.69) is 4.74 Å². The quantitative estimate of drug-likeness (QED) is 0.334. The number of nitrogens with zero attached hydrogens (tertiary/aromatic N) is 3. The van der Waals surface area contributed by atoms with Gasteiger partial charge in [-0.05, 0) is 50.6 Å². The van der Waals surface area contributed by atoms with Crippen molar-refractivity contribution in [3.63, 3.8) is 0 Å². The number of nitro groups is 1. The Labute approximate surface area is 209 Å². The van der Waals surface area contributed by atoms with E-state index in [0.717, 1.165) is 23.1 Å². The fourth-order valence-electron chi connectivity index (χ4n) is 4.73. The van der Waals surface area contributed by atoms with Crippen molar-refractivity contribution in [1.82, 2.24) is 4.57 Å². The number of aryl methyl sites for hydroxylation is 1. The van der Waals surface area contributed by atoms with Crippen molar-refractivity contribution in [2.75, 3.05) is 11.4 Å². The number of carbonyl (C=O) groups excluding carboxylic acids is 2. The average Bonchev–Trinajstić information content (AvgIpc) is 3.22. The third-order valence-corrected chi connectivity index (χ3v) is 6.07. The lowest BCUT2D eigenvalue weighted by Gasteiger charge is -2.28. The van der Waals surface area contributed by atoms with Crippen molar-refractivity contribution in [2.24, 2.45) is 7.05 Å². The lowest BCUT2D eigenvalue weighted by atomic mass is 9.72. The van der Waals surface area contributed by atoms with E-state index in [9.17, 15) is 32.9 Å². The van der Waals surface area contributed by atoms with E-state index in [4.69, 9.17) is 4.74 Å². The van der Waals surface area contributed by atoms with Crippen molar-refractivity contribution in [3.8, 4) is 5.75 Å². The van der Waals surface area contributed by atoms with E-state index in [1.165, 1.54) is 0 Å². The van der Waals surface area contributed by atoms with Gasteiger partial charge in [0, 0.05) is 41.1 Å². The van der Waals surface area contributed by atoms with Gasteiger partial charge < -0.3 is 14.0 Å². The summed E-state index contributed by atoms with van der Waals surface area (Å²) < 4.78 is 50.5. The number of carbonyl (C=O) groups is 2. The SMILES string of the molecule is Cn1cc([C@]2(CC[N+](=O)[O-])C(=O)N(C(=O)OC(C)(C)C)c3ccc(OC(F)(F)F)cc32)c2ccccc21. The van der Waals surface area contributed by atoms with Gasteiger partial charge in [0.25, 0.3) is 5.91 Å². The minimum absolute atomic E-state index is 0.0247. The normalized spacial score (nSPS) is 17.7. The number of hydrogen-bond donors (Lipinski definition) is 0. The van der Waals surface area contributed by atoms with Gasteiger partial charge in [-0.1, -0.05) is 18.2 Å². The van der Waals surface area contributed by atoms with Gasteiger partial charge in [-0.25, -0.2) is 9.69 Å². The van der Waals surface area contributed by atoms with E-state index in [1.54, 1.807) is 62.8 Å². The Morgan fingerprint density at radius 2 is 1.78 bits per heavy atom. The van der Waals surface area contributed by atoms with Crippen LogP contribution < -0.4 is 9.64 Å². The number of halogens is 3. The number of ether oxygens (including phenoxy) is 2. The maximum absolute atomic E-state index is 14.2. The highest BCUT2D eigenvalue weighted by atomic mass is 19.4. The molecule has 0 fully saturated rings. The van der Waals surface area contributed by atoms with Gasteiger partial charge >= 0.3 is 12.5 Å². The highest BCUT2D eigenvalue weighted by Gasteiger charge is 2.57. The van der Waals surface area contributed by atoms with Gasteiger partial charge in [0.15, 0.2) is 0 Å². The molecule has 4 rings (SSSR count). The largest absolute Gasteiger partial charge is 0.573 e. The molecule has 1 atom stereocenters. The highest BCUT2D eigenvalue weighted by Crippen LogP contribution is 2.52. The fourth-order valence-corrected chi connectivity index (χ4v) is 4.73. The monoisotopic (exact) mass is 519 g/mol. The van der Waals surface area contributed by atoms with Gasteiger partial charge in [0.2, 0.25) is 6.54 Å². The smallest absolute Gasteiger partial charge is 0.443 e. The summed E-state index contributed by atoms with van der Waals surface area (Å²) in [4.78, 5) is 39.0. The number of para-hydroxylation sites is 1. The number of fused-ring (bicyclic) bond motifs is 2. The van der Waals surface area contributed by atoms with Crippen molar-refractivity contribution < 1.29 is 37.2 Å². The van der Waals surface area contributed by atoms with E-state index >= 15 is 0 Å². The number of rotatable bonds is 5. The van der Waals surface area contributed by atoms with Crippen molar-refractivity contribution in [1.29, 1.82) is 0 Å². The summed E-state index contributed by atoms with van der Waals surface area (Å²) in [5.74, 6) is -1.49. The molecule has 37 heavy (non-hydrogen) atoms. The van der Waals surface area contributed by atoms with E-state index < -0.39 is 53.0 Å². The van der Waals surface area contributed by atoms with E-state index in [1.807, 2.05) is 0 Å². The van der Waals surface area contributed by atoms with Crippen LogP contribution in [0.25, 0.3) is 10.9 Å². The molecule has 0 aliphatic carbocycles. The first-order chi connectivity index (χ1) is 17.1. The Morgan fingerprint density at radius 1 is 1.11 bits per heavy atom. The number of amides is 2. The van der Waals surface area contributed by atoms with Crippen molar-refractivity contribution >= 4 is 28.6 Å². The zero-order valence-electron chi connectivity index (χ0n) is 20.5. The number of alkyl halides is 3. The summed E-state index contributed by atoms with van der Waals surface area (Å²) in [6.07, 6.45) is -4.90. The Morgan fingerprint density at radius 3 is 2.41 bits per heavy atom. The number of benzene rings is 2. The van der Waals surface area contributed by atoms with Crippen LogP contribution >= 0.6 is 0 Å². The van der Waals surface area contributed by atoms with Gasteiger partial charge in [-0.3, -0.25) is 14.9 Å². The van der Waals surface area contributed by atoms with Crippen molar-refractivity contribution in [2.45, 2.75) is 44.6 Å². The number of hydrogen-bond acceptors (Lipinski definition) is 6. The Hall–Kier alpha value is -4.09. The van der Waals surface area contributed by atoms with Crippen LogP contribution in [0.3, 0.4) is 0 Å². The molecule has 0 saturated heterocycles. The second-order valence-corrected chi connectivity index (χ2v) is 9.73. The molecule has 2 amide bonds. The molecule has 9 nitrogen and oxygen atoms in total. The third-order valence-electron chi connectivity index (χ3n) is 6.07. The third kappa shape index (κ3) is 4.70. The van der Waals surface area contributed by atoms with Crippen LogP contribution in [0, 0.1) is 10.1 Å². The van der Waals surface area contributed by atoms with Gasteiger partial charge in [0.05, 0.1) is 5.69 Å². The van der Waals surface area contributed by atoms with Crippen LogP contribution in [-0.4, -0.2) is 40.0 Å². The molecule has 2 heterocycles. The molecule has 0 spiro atoms. The maximum Gasteiger partial charge on any atom is 0.573 e. The molecule has 0 N–H and O–H groups in total. The number of imide groups is 1. The molecule has 0 saturated carbocycles. The van der Waals surface area contributed by atoms with Crippen LogP contribution in [0.5, 0.6) is 5.75 Å². The predicted octanol–water partition coefficient (Wildman–Crippen LogP) is 5.31. The zero-order valence-corrected chi connectivity index (χ0v) is 20.5. The Balaban J connectivity index is 2.03. The Kier molecular flexibility index (Phi) is 6.17. The molecule has 0 radical (unpaired) electrons. The maximum atomic E-state index is 14.2. The lowest BCUT2D eigenvalue weighted by molar-refractivity contribution is -0.481. The molecule has 2 aromatic carbocycles. The molecule has 0 bridgehead atoms. The second kappa shape index (κ2) is 8.79. The summed E-state index contributed by atoms with van der Waals surface area (Å²) in [7, 11) is 1.71. The van der Waals surface area contributed by atoms with Crippen LogP contribution in [0.15, 0.2) is 48.7 Å². The second-order valence-electron chi connectivity index (χ2n) is 9.73. The molecule has 3 aromatic rings. The van der Waals surface area contributed by atoms with Gasteiger partial charge in [-0.15, -0.1) is 13.2 Å². The average molecular weight is 519 g/mol. The first kappa shape index (κ1) is 26.0. The van der Waals surface area contributed by atoms with Crippen LogP contribution in [0.2, 0.25) is 0 Å². The number of anilines is 1. The molecule has 12 heteroatoms. The molecule has 1 aromatic heterocycles. The fraction of sp³-hybridized carbons (Fsp3) is 0.360. The summed E-state index contributed by atoms with van der Waals surface area (Å²) in [6, 6.07) is 10.1. The summed E-state index contributed by atoms with van der Waals surface area (Å²) >= 11 is 0. The molecule has 0 unspecified atom stereocenters. The lowest BCUT2D eigenvalue weighted by Crippen LogP contribution is -2.46. The van der Waals surface area contributed by atoms with Gasteiger partial charge in [-0.2, -0.15) is 0 Å². The first-order valence-corrected chi connectivity index (χ1v) is 11.3. The van der Waals surface area contributed by atoms with E-state index in [-0.39, 0.29) is 11.3 Å². The molecule has 1 aliphatic heterocycles. The van der Waals surface area contributed by atoms with E-state index in [0.29, 0.717) is 16.5 Å². The minimum Gasteiger partial charge on any atom is -0.443 e. The molecular formula is C25H24F3N3O6. The van der Waals surface area contributed by atoms with Crippen LogP contribution in [0.4, 0.5) is 23.7 Å². The van der Waals surface area contributed by atoms with Crippen LogP contribution in [0.1, 0.15) is 38.3 Å². The predicted molar refractivity (Wildman–Crippen MR) is 127 cm³/mol. The number of aromatic nitrogens is 1. The standard InChI is InChI=1S/C25H24F3N3O6/c1-23(2,3)37-22(33)31-20-10-9-15(36-25(26,27)28)13-17(20)24(21(31)32,11-12-30(34)35)18-14-29(4)19-8-6-5-7-16(18)19/h5-10,13-14H,11-12H2,1-4H3/t24-/m1/s1. The topological polar surface area (TPSA) is 104 Å². The molecule has 196 valence electrons.